The molecule has 0 fully saturated rings. The van der Waals surface area contributed by atoms with Crippen LogP contribution in [0.25, 0.3) is 5.69 Å². The van der Waals surface area contributed by atoms with Crippen LogP contribution in [0.4, 0.5) is 0 Å². The number of rotatable bonds is 5. The monoisotopic (exact) mass is 360 g/mol. The number of hydrogen-bond acceptors (Lipinski definition) is 6. The molecule has 9 heteroatoms. The van der Waals surface area contributed by atoms with Crippen LogP contribution in [0.1, 0.15) is 12.5 Å². The van der Waals surface area contributed by atoms with Gasteiger partial charge in [0, 0.05) is 6.07 Å². The van der Waals surface area contributed by atoms with Crippen molar-refractivity contribution in [3.63, 3.8) is 0 Å². The molecular formula is C16H14N3O5S+. The van der Waals surface area contributed by atoms with Crippen molar-refractivity contribution in [1.29, 1.82) is 0 Å². The SMILES string of the molecule is C/C(=N/OS(=O)(=O)c1ccccc1)c1ccccc1-[n+]1cc(=O)o[nH]1. The highest BCUT2D eigenvalue weighted by molar-refractivity contribution is 7.86. The van der Waals surface area contributed by atoms with Crippen molar-refractivity contribution in [3.05, 3.63) is 76.8 Å². The van der Waals surface area contributed by atoms with E-state index in [4.69, 9.17) is 4.28 Å². The summed E-state index contributed by atoms with van der Waals surface area (Å²) in [6, 6.07) is 14.7. The summed E-state index contributed by atoms with van der Waals surface area (Å²) in [5.41, 5.74) is 0.875. The van der Waals surface area contributed by atoms with Gasteiger partial charge in [0.05, 0.1) is 11.3 Å². The molecule has 0 radical (unpaired) electrons. The first-order chi connectivity index (χ1) is 12.0. The third kappa shape index (κ3) is 3.66. The van der Waals surface area contributed by atoms with Crippen LogP contribution in [0.2, 0.25) is 0 Å². The van der Waals surface area contributed by atoms with Crippen LogP contribution in [0, 0.1) is 0 Å². The third-order valence-corrected chi connectivity index (χ3v) is 4.46. The Kier molecular flexibility index (Phi) is 4.48. The first kappa shape index (κ1) is 16.7. The molecule has 0 aliphatic rings. The van der Waals surface area contributed by atoms with Gasteiger partial charge in [0.25, 0.3) is 6.20 Å². The highest BCUT2D eigenvalue weighted by Crippen LogP contribution is 2.14. The van der Waals surface area contributed by atoms with Crippen LogP contribution in [0.15, 0.2) is 80.2 Å². The summed E-state index contributed by atoms with van der Waals surface area (Å²) in [6.07, 6.45) is 1.22. The van der Waals surface area contributed by atoms with Crippen molar-refractivity contribution >= 4 is 15.8 Å². The van der Waals surface area contributed by atoms with E-state index in [2.05, 4.69) is 15.0 Å². The fourth-order valence-electron chi connectivity index (χ4n) is 2.14. The first-order valence-corrected chi connectivity index (χ1v) is 8.61. The summed E-state index contributed by atoms with van der Waals surface area (Å²) in [6.45, 7) is 1.60. The van der Waals surface area contributed by atoms with E-state index in [1.54, 1.807) is 49.4 Å². The number of nitrogens with one attached hydrogen (secondary N) is 1. The van der Waals surface area contributed by atoms with E-state index < -0.39 is 15.7 Å². The van der Waals surface area contributed by atoms with Gasteiger partial charge >= 0.3 is 15.7 Å². The van der Waals surface area contributed by atoms with E-state index in [1.807, 2.05) is 0 Å². The number of aromatic amines is 1. The number of hydrogen-bond donors (Lipinski definition) is 1. The lowest BCUT2D eigenvalue weighted by molar-refractivity contribution is -0.670. The molecular weight excluding hydrogens is 346 g/mol. The Labute approximate surface area is 143 Å². The molecule has 0 atom stereocenters. The van der Waals surface area contributed by atoms with E-state index in [0.29, 0.717) is 17.0 Å². The molecule has 0 bridgehead atoms. The highest BCUT2D eigenvalue weighted by atomic mass is 32.2. The highest BCUT2D eigenvalue weighted by Gasteiger charge is 2.19. The normalized spacial score (nSPS) is 12.1. The van der Waals surface area contributed by atoms with Crippen LogP contribution in [0.3, 0.4) is 0 Å². The quantitative estimate of drug-likeness (QED) is 0.420. The van der Waals surface area contributed by atoms with Crippen LogP contribution in [0.5, 0.6) is 0 Å². The van der Waals surface area contributed by atoms with Gasteiger partial charge in [0.15, 0.2) is 0 Å². The molecule has 2 aromatic carbocycles. The van der Waals surface area contributed by atoms with E-state index >= 15 is 0 Å². The van der Waals surface area contributed by atoms with E-state index in [-0.39, 0.29) is 4.90 Å². The van der Waals surface area contributed by atoms with Gasteiger partial charge in [-0.3, -0.25) is 8.81 Å². The molecule has 1 N–H and O–H groups in total. The zero-order valence-electron chi connectivity index (χ0n) is 13.1. The summed E-state index contributed by atoms with van der Waals surface area (Å²) < 4.78 is 35.0. The average molecular weight is 360 g/mol. The maximum Gasteiger partial charge on any atom is 0.427 e. The van der Waals surface area contributed by atoms with Crippen molar-refractivity contribution in [2.75, 3.05) is 0 Å². The fraction of sp³-hybridized carbons (Fsp3) is 0.0625. The molecule has 0 spiro atoms. The number of benzene rings is 2. The summed E-state index contributed by atoms with van der Waals surface area (Å²) in [7, 11) is -4.01. The standard InChI is InChI=1S/C16H13N3O5S/c1-12(17-24-25(21,22)13-7-3-2-4-8-13)14-9-5-6-10-15(14)19-11-16(20)23-18-19/h2-11H,1H3/p+1/b17-12-. The van der Waals surface area contributed by atoms with Crippen molar-refractivity contribution in [2.24, 2.45) is 5.16 Å². The molecule has 8 nitrogen and oxygen atoms in total. The molecule has 0 amide bonds. The number of oxime groups is 1. The predicted molar refractivity (Wildman–Crippen MR) is 87.8 cm³/mol. The zero-order chi connectivity index (χ0) is 17.9. The summed E-state index contributed by atoms with van der Waals surface area (Å²) >= 11 is 0. The Bertz CT molecular complexity index is 1070. The smallest absolute Gasteiger partial charge is 0.283 e. The Hall–Kier alpha value is -3.20. The number of H-pyrrole nitrogens is 1. The largest absolute Gasteiger partial charge is 0.427 e. The van der Waals surface area contributed by atoms with Crippen molar-refractivity contribution in [1.82, 2.24) is 5.27 Å². The lowest BCUT2D eigenvalue weighted by atomic mass is 10.1. The topological polar surface area (TPSA) is 106 Å². The molecule has 0 unspecified atom stereocenters. The number of nitrogens with zero attached hydrogens (tertiary/aromatic N) is 2. The minimum atomic E-state index is -4.01. The Morgan fingerprint density at radius 1 is 1.12 bits per heavy atom. The molecule has 0 aliphatic heterocycles. The molecule has 3 rings (SSSR count). The molecule has 0 saturated heterocycles. The van der Waals surface area contributed by atoms with E-state index in [9.17, 15) is 13.2 Å². The predicted octanol–water partition coefficient (Wildman–Crippen LogP) is 1.37. The average Bonchev–Trinajstić information content (AvgIpc) is 3.07. The Morgan fingerprint density at radius 3 is 2.48 bits per heavy atom. The fourth-order valence-corrected chi connectivity index (χ4v) is 2.93. The van der Waals surface area contributed by atoms with Gasteiger partial charge in [-0.15, -0.1) is 0 Å². The lowest BCUT2D eigenvalue weighted by Gasteiger charge is -2.04. The van der Waals surface area contributed by atoms with Gasteiger partial charge in [-0.1, -0.05) is 35.5 Å². The second kappa shape index (κ2) is 6.73. The van der Waals surface area contributed by atoms with Crippen molar-refractivity contribution in [3.8, 4) is 5.69 Å². The van der Waals surface area contributed by atoms with Crippen molar-refractivity contribution in [2.45, 2.75) is 11.8 Å². The number of aromatic nitrogens is 2. The molecule has 3 aromatic rings. The van der Waals surface area contributed by atoms with Crippen LogP contribution >= 0.6 is 0 Å². The molecule has 25 heavy (non-hydrogen) atoms. The second-order valence-electron chi connectivity index (χ2n) is 5.05. The minimum Gasteiger partial charge on any atom is -0.283 e. The van der Waals surface area contributed by atoms with Crippen LogP contribution in [-0.2, 0) is 14.4 Å². The van der Waals surface area contributed by atoms with Crippen LogP contribution < -0.4 is 10.3 Å². The summed E-state index contributed by atoms with van der Waals surface area (Å²) in [5, 5.41) is 6.16. The van der Waals surface area contributed by atoms with E-state index in [0.717, 1.165) is 0 Å². The van der Waals surface area contributed by atoms with Gasteiger partial charge in [-0.05, 0) is 35.1 Å². The maximum absolute atomic E-state index is 12.1. The second-order valence-corrected chi connectivity index (χ2v) is 6.58. The summed E-state index contributed by atoms with van der Waals surface area (Å²) in [5.74, 6) is 0. The minimum absolute atomic E-state index is 0.00775. The van der Waals surface area contributed by atoms with Crippen molar-refractivity contribution < 1.29 is 21.9 Å². The van der Waals surface area contributed by atoms with Crippen LogP contribution in [-0.4, -0.2) is 19.4 Å². The molecule has 1 aromatic heterocycles. The van der Waals surface area contributed by atoms with Gasteiger partial charge in [-0.2, -0.15) is 8.42 Å². The zero-order valence-corrected chi connectivity index (χ0v) is 13.9. The molecule has 1 heterocycles. The maximum atomic E-state index is 12.1. The summed E-state index contributed by atoms with van der Waals surface area (Å²) in [4.78, 5) is 11.2. The Balaban J connectivity index is 1.93. The third-order valence-electron chi connectivity index (χ3n) is 3.34. The van der Waals surface area contributed by atoms with Gasteiger partial charge < -0.3 is 0 Å². The van der Waals surface area contributed by atoms with E-state index in [1.165, 1.54) is 23.0 Å². The molecule has 128 valence electrons. The number of para-hydroxylation sites is 1. The van der Waals surface area contributed by atoms with Gasteiger partial charge in [0.2, 0.25) is 5.69 Å². The Morgan fingerprint density at radius 2 is 1.80 bits per heavy atom. The van der Waals surface area contributed by atoms with Gasteiger partial charge in [-0.25, -0.2) is 4.79 Å². The lowest BCUT2D eigenvalue weighted by Crippen LogP contribution is -2.34. The first-order valence-electron chi connectivity index (χ1n) is 7.20. The molecule has 0 aliphatic carbocycles. The molecule has 0 saturated carbocycles. The van der Waals surface area contributed by atoms with Gasteiger partial charge in [0.1, 0.15) is 4.90 Å².